The van der Waals surface area contributed by atoms with Gasteiger partial charge in [0, 0.05) is 12.2 Å². The highest BCUT2D eigenvalue weighted by atomic mass is 19.4. The molecule has 25 heavy (non-hydrogen) atoms. The van der Waals surface area contributed by atoms with Gasteiger partial charge in [0.1, 0.15) is 0 Å². The molecule has 0 aliphatic carbocycles. The summed E-state index contributed by atoms with van der Waals surface area (Å²) in [6, 6.07) is 3.84. The van der Waals surface area contributed by atoms with Crippen molar-refractivity contribution in [1.29, 1.82) is 0 Å². The molecular formula is C16H21F3N2O4. The van der Waals surface area contributed by atoms with E-state index in [4.69, 9.17) is 9.84 Å². The Morgan fingerprint density at radius 2 is 1.80 bits per heavy atom. The van der Waals surface area contributed by atoms with Crippen LogP contribution in [0.2, 0.25) is 0 Å². The second-order valence-corrected chi connectivity index (χ2v) is 5.74. The van der Waals surface area contributed by atoms with E-state index in [1.807, 2.05) is 13.8 Å². The third-order valence-corrected chi connectivity index (χ3v) is 3.10. The summed E-state index contributed by atoms with van der Waals surface area (Å²) in [4.78, 5) is 23.8. The summed E-state index contributed by atoms with van der Waals surface area (Å²) < 4.78 is 42.5. The van der Waals surface area contributed by atoms with Crippen molar-refractivity contribution in [2.45, 2.75) is 32.5 Å². The predicted molar refractivity (Wildman–Crippen MR) is 84.9 cm³/mol. The number of benzene rings is 1. The Labute approximate surface area is 143 Å². The fraction of sp³-hybridized carbons (Fsp3) is 0.500. The van der Waals surface area contributed by atoms with E-state index in [1.54, 1.807) is 0 Å². The molecular weight excluding hydrogens is 341 g/mol. The maximum absolute atomic E-state index is 12.5. The van der Waals surface area contributed by atoms with Crippen LogP contribution < -0.4 is 10.6 Å². The number of alkyl halides is 3. The number of carbonyl (C=O) groups excluding carboxylic acids is 2. The van der Waals surface area contributed by atoms with E-state index < -0.39 is 29.8 Å². The van der Waals surface area contributed by atoms with E-state index in [0.717, 1.165) is 24.3 Å². The Morgan fingerprint density at radius 1 is 1.20 bits per heavy atom. The molecule has 140 valence electrons. The first-order valence-electron chi connectivity index (χ1n) is 7.67. The van der Waals surface area contributed by atoms with E-state index in [9.17, 15) is 22.8 Å². The highest BCUT2D eigenvalue weighted by Gasteiger charge is 2.30. The largest absolute Gasteiger partial charge is 0.436 e. The van der Waals surface area contributed by atoms with Crippen LogP contribution in [0.4, 0.5) is 23.7 Å². The lowest BCUT2D eigenvalue weighted by molar-refractivity contribution is -0.137. The fourth-order valence-corrected chi connectivity index (χ4v) is 1.95. The van der Waals surface area contributed by atoms with Crippen LogP contribution in [0.3, 0.4) is 0 Å². The lowest BCUT2D eigenvalue weighted by atomic mass is 10.1. The van der Waals surface area contributed by atoms with Crippen molar-refractivity contribution in [2.75, 3.05) is 18.5 Å². The molecule has 1 unspecified atom stereocenters. The minimum atomic E-state index is -4.47. The van der Waals surface area contributed by atoms with Crippen LogP contribution in [0.15, 0.2) is 24.3 Å². The zero-order valence-electron chi connectivity index (χ0n) is 13.9. The van der Waals surface area contributed by atoms with Gasteiger partial charge in [-0.05, 0) is 36.6 Å². The molecule has 3 N–H and O–H groups in total. The number of aliphatic hydroxyl groups is 1. The highest BCUT2D eigenvalue weighted by Crippen LogP contribution is 2.29. The molecule has 0 radical (unpaired) electrons. The summed E-state index contributed by atoms with van der Waals surface area (Å²) in [7, 11) is 0. The van der Waals surface area contributed by atoms with Crippen molar-refractivity contribution in [1.82, 2.24) is 5.32 Å². The normalized spacial score (nSPS) is 12.6. The summed E-state index contributed by atoms with van der Waals surface area (Å²) in [6.45, 7) is 3.45. The van der Waals surface area contributed by atoms with Crippen molar-refractivity contribution >= 4 is 17.7 Å². The van der Waals surface area contributed by atoms with Gasteiger partial charge in [0.15, 0.2) is 6.10 Å². The lowest BCUT2D eigenvalue weighted by Gasteiger charge is -2.19. The number of hydrogen-bond acceptors (Lipinski definition) is 4. The van der Waals surface area contributed by atoms with Crippen LogP contribution in [-0.2, 0) is 15.7 Å². The Balaban J connectivity index is 2.68. The van der Waals surface area contributed by atoms with Crippen molar-refractivity contribution in [3.63, 3.8) is 0 Å². The fourth-order valence-electron chi connectivity index (χ4n) is 1.95. The molecule has 6 nitrogen and oxygen atoms in total. The average Bonchev–Trinajstić information content (AvgIpc) is 2.51. The molecule has 0 saturated carbocycles. The van der Waals surface area contributed by atoms with Crippen molar-refractivity contribution in [3.05, 3.63) is 29.8 Å². The molecule has 0 fully saturated rings. The summed E-state index contributed by atoms with van der Waals surface area (Å²) in [5.41, 5.74) is -0.732. The minimum absolute atomic E-state index is 0.0251. The molecule has 0 aliphatic heterocycles. The molecule has 0 bridgehead atoms. The minimum Gasteiger partial charge on any atom is -0.436 e. The molecule has 0 aliphatic rings. The van der Waals surface area contributed by atoms with Gasteiger partial charge in [-0.2, -0.15) is 13.2 Å². The van der Waals surface area contributed by atoms with E-state index in [-0.39, 0.29) is 31.2 Å². The van der Waals surface area contributed by atoms with E-state index in [0.29, 0.717) is 0 Å². The Morgan fingerprint density at radius 3 is 2.28 bits per heavy atom. The highest BCUT2D eigenvalue weighted by molar-refractivity contribution is 5.88. The van der Waals surface area contributed by atoms with Gasteiger partial charge >= 0.3 is 12.3 Å². The van der Waals surface area contributed by atoms with Gasteiger partial charge in [-0.1, -0.05) is 13.8 Å². The smallest absolute Gasteiger partial charge is 0.416 e. The molecule has 0 aromatic heterocycles. The zero-order chi connectivity index (χ0) is 19.0. The van der Waals surface area contributed by atoms with E-state index in [2.05, 4.69) is 10.6 Å². The second-order valence-electron chi connectivity index (χ2n) is 5.74. The Kier molecular flexibility index (Phi) is 7.69. The third kappa shape index (κ3) is 7.42. The molecule has 0 heterocycles. The summed E-state index contributed by atoms with van der Waals surface area (Å²) in [6.07, 6.45) is -6.23. The van der Waals surface area contributed by atoms with Crippen LogP contribution >= 0.6 is 0 Å². The number of aliphatic hydroxyl groups excluding tert-OH is 1. The molecule has 1 aromatic rings. The molecule has 1 rings (SSSR count). The van der Waals surface area contributed by atoms with Gasteiger partial charge < -0.3 is 15.2 Å². The molecule has 9 heteroatoms. The van der Waals surface area contributed by atoms with Gasteiger partial charge in [-0.25, -0.2) is 4.79 Å². The monoisotopic (exact) mass is 362 g/mol. The number of nitrogens with one attached hydrogen (secondary N) is 2. The maximum Gasteiger partial charge on any atom is 0.416 e. The van der Waals surface area contributed by atoms with Crippen LogP contribution in [0.1, 0.15) is 25.8 Å². The second kappa shape index (κ2) is 9.26. The first-order chi connectivity index (χ1) is 11.6. The topological polar surface area (TPSA) is 87.7 Å². The number of hydrogen-bond donors (Lipinski definition) is 3. The number of rotatable bonds is 7. The van der Waals surface area contributed by atoms with Crippen LogP contribution in [0, 0.1) is 5.92 Å². The summed E-state index contributed by atoms with van der Waals surface area (Å²) in [5, 5.41) is 13.4. The first kappa shape index (κ1) is 20.8. The van der Waals surface area contributed by atoms with E-state index in [1.165, 1.54) is 0 Å². The van der Waals surface area contributed by atoms with Gasteiger partial charge in [-0.15, -0.1) is 0 Å². The molecule has 0 spiro atoms. The van der Waals surface area contributed by atoms with Gasteiger partial charge in [0.05, 0.1) is 12.2 Å². The average molecular weight is 362 g/mol. The number of ether oxygens (including phenoxy) is 1. The summed E-state index contributed by atoms with van der Waals surface area (Å²) >= 11 is 0. The summed E-state index contributed by atoms with van der Waals surface area (Å²) in [5.74, 6) is -0.492. The first-order valence-corrected chi connectivity index (χ1v) is 7.67. The Bertz CT molecular complexity index is 574. The molecule has 1 atom stereocenters. The quantitative estimate of drug-likeness (QED) is 0.696. The third-order valence-electron chi connectivity index (χ3n) is 3.10. The van der Waals surface area contributed by atoms with Crippen LogP contribution in [-0.4, -0.2) is 36.4 Å². The maximum atomic E-state index is 12.5. The lowest BCUT2D eigenvalue weighted by Crippen LogP contribution is -2.40. The molecule has 0 saturated heterocycles. The number of carbonyl (C=O) groups is 2. The molecule has 1 aromatic carbocycles. The number of anilines is 1. The number of amides is 2. The molecule has 2 amide bonds. The van der Waals surface area contributed by atoms with Gasteiger partial charge in [0.2, 0.25) is 0 Å². The predicted octanol–water partition coefficient (Wildman–Crippen LogP) is 2.78. The van der Waals surface area contributed by atoms with Crippen LogP contribution in [0.25, 0.3) is 0 Å². The standard InChI is InChI=1S/C16H21F3N2O4/c1-10(2)9-13(14(23)20-7-8-22)25-15(24)21-12-5-3-11(4-6-12)16(17,18)19/h3-6,10,13,22H,7-9H2,1-2H3,(H,20,23)(H,21,24). The van der Waals surface area contributed by atoms with E-state index >= 15 is 0 Å². The zero-order valence-corrected chi connectivity index (χ0v) is 13.9. The van der Waals surface area contributed by atoms with Crippen molar-refractivity contribution in [2.24, 2.45) is 5.92 Å². The Hall–Kier alpha value is -2.29. The SMILES string of the molecule is CC(C)CC(OC(=O)Nc1ccc(C(F)(F)F)cc1)C(=O)NCCO. The van der Waals surface area contributed by atoms with Gasteiger partial charge in [-0.3, -0.25) is 10.1 Å². The number of halogens is 3. The van der Waals surface area contributed by atoms with Crippen molar-refractivity contribution < 1.29 is 32.6 Å². The van der Waals surface area contributed by atoms with Crippen molar-refractivity contribution in [3.8, 4) is 0 Å². The van der Waals surface area contributed by atoms with Gasteiger partial charge in [0.25, 0.3) is 5.91 Å². The van der Waals surface area contributed by atoms with Crippen LogP contribution in [0.5, 0.6) is 0 Å².